The second-order valence-corrected chi connectivity index (χ2v) is 4.72. The summed E-state index contributed by atoms with van der Waals surface area (Å²) in [6.45, 7) is 3.58. The summed E-state index contributed by atoms with van der Waals surface area (Å²) in [6, 6.07) is 5.40. The van der Waals surface area contributed by atoms with Crippen molar-refractivity contribution in [1.82, 2.24) is 0 Å². The summed E-state index contributed by atoms with van der Waals surface area (Å²) >= 11 is 5.94. The van der Waals surface area contributed by atoms with Crippen molar-refractivity contribution in [3.63, 3.8) is 0 Å². The number of unbranched alkanes of at least 4 members (excludes halogenated alkanes) is 1. The van der Waals surface area contributed by atoms with Crippen molar-refractivity contribution in [2.75, 3.05) is 32.2 Å². The Hall–Kier alpha value is -0.970. The van der Waals surface area contributed by atoms with E-state index in [-0.39, 0.29) is 0 Å². The van der Waals surface area contributed by atoms with Gasteiger partial charge in [-0.1, -0.05) is 24.9 Å². The lowest BCUT2D eigenvalue weighted by molar-refractivity contribution is 0.0422. The van der Waals surface area contributed by atoms with Crippen molar-refractivity contribution in [3.05, 3.63) is 23.2 Å². The normalized spacial score (nSPS) is 12.2. The van der Waals surface area contributed by atoms with Crippen molar-refractivity contribution in [2.24, 2.45) is 0 Å². The van der Waals surface area contributed by atoms with Gasteiger partial charge >= 0.3 is 0 Å². The number of halogens is 1. The fourth-order valence-corrected chi connectivity index (χ4v) is 1.72. The molecule has 0 aliphatic carbocycles. The number of hydrogen-bond acceptors (Lipinski definition) is 4. The molecule has 1 aromatic carbocycles. The molecule has 0 heterocycles. The molecule has 0 radical (unpaired) electrons. The first-order chi connectivity index (χ1) is 9.17. The Morgan fingerprint density at radius 2 is 2.21 bits per heavy atom. The predicted molar refractivity (Wildman–Crippen MR) is 78.2 cm³/mol. The molecule has 108 valence electrons. The van der Waals surface area contributed by atoms with Crippen LogP contribution in [0.1, 0.15) is 19.8 Å². The van der Waals surface area contributed by atoms with Gasteiger partial charge in [0.2, 0.25) is 0 Å². The number of anilines is 1. The predicted octanol–water partition coefficient (Wildman–Crippen LogP) is 2.94. The molecule has 1 rings (SSSR count). The Morgan fingerprint density at radius 3 is 2.89 bits per heavy atom. The van der Waals surface area contributed by atoms with E-state index in [9.17, 15) is 5.11 Å². The minimum absolute atomic E-state index is 0.345. The second kappa shape index (κ2) is 9.02. The topological polar surface area (TPSA) is 50.7 Å². The zero-order valence-corrected chi connectivity index (χ0v) is 12.2. The van der Waals surface area contributed by atoms with E-state index in [1.807, 2.05) is 6.07 Å². The zero-order valence-electron chi connectivity index (χ0n) is 11.5. The van der Waals surface area contributed by atoms with E-state index in [4.69, 9.17) is 21.1 Å². The lowest BCUT2D eigenvalue weighted by Gasteiger charge is -2.14. The number of aliphatic hydroxyl groups excluding tert-OH is 1. The highest BCUT2D eigenvalue weighted by atomic mass is 35.5. The van der Waals surface area contributed by atoms with Crippen LogP contribution in [0.2, 0.25) is 5.02 Å². The van der Waals surface area contributed by atoms with E-state index < -0.39 is 6.10 Å². The molecule has 0 aliphatic heterocycles. The largest absolute Gasteiger partial charge is 0.495 e. The zero-order chi connectivity index (χ0) is 14.1. The third-order valence-electron chi connectivity index (χ3n) is 2.65. The molecule has 0 saturated heterocycles. The van der Waals surface area contributed by atoms with Crippen LogP contribution in [-0.4, -0.2) is 38.1 Å². The molecule has 0 aliphatic rings. The van der Waals surface area contributed by atoms with Crippen LogP contribution >= 0.6 is 11.6 Å². The first kappa shape index (κ1) is 16.1. The van der Waals surface area contributed by atoms with Gasteiger partial charge < -0.3 is 19.9 Å². The quantitative estimate of drug-likeness (QED) is 0.686. The molecule has 19 heavy (non-hydrogen) atoms. The average molecular weight is 288 g/mol. The van der Waals surface area contributed by atoms with E-state index in [0.29, 0.717) is 30.5 Å². The van der Waals surface area contributed by atoms with Gasteiger partial charge in [0, 0.05) is 24.9 Å². The van der Waals surface area contributed by atoms with Crippen molar-refractivity contribution >= 4 is 17.3 Å². The highest BCUT2D eigenvalue weighted by Gasteiger charge is 2.06. The number of benzene rings is 1. The van der Waals surface area contributed by atoms with Gasteiger partial charge in [0.15, 0.2) is 0 Å². The molecule has 0 bridgehead atoms. The third kappa shape index (κ3) is 6.14. The van der Waals surface area contributed by atoms with Gasteiger partial charge in [-0.15, -0.1) is 0 Å². The maximum atomic E-state index is 9.75. The molecule has 5 heteroatoms. The summed E-state index contributed by atoms with van der Waals surface area (Å²) in [7, 11) is 1.57. The van der Waals surface area contributed by atoms with Gasteiger partial charge in [0.25, 0.3) is 0 Å². The molecule has 0 aromatic heterocycles. The standard InChI is InChI=1S/C14H22ClNO3/c1-3-4-7-19-10-12(17)9-16-11-5-6-13(15)14(8-11)18-2/h5-6,8,12,16-17H,3-4,7,9-10H2,1-2H3. The van der Waals surface area contributed by atoms with E-state index in [0.717, 1.165) is 18.5 Å². The molecule has 0 spiro atoms. The molecule has 4 nitrogen and oxygen atoms in total. The Morgan fingerprint density at radius 1 is 1.42 bits per heavy atom. The smallest absolute Gasteiger partial charge is 0.139 e. The number of hydrogen-bond donors (Lipinski definition) is 2. The van der Waals surface area contributed by atoms with Gasteiger partial charge in [-0.3, -0.25) is 0 Å². The fraction of sp³-hybridized carbons (Fsp3) is 0.571. The van der Waals surface area contributed by atoms with Crippen molar-refractivity contribution < 1.29 is 14.6 Å². The highest BCUT2D eigenvalue weighted by Crippen LogP contribution is 2.27. The number of methoxy groups -OCH3 is 1. The van der Waals surface area contributed by atoms with Crippen LogP contribution in [0.4, 0.5) is 5.69 Å². The summed E-state index contributed by atoms with van der Waals surface area (Å²) < 4.78 is 10.5. The highest BCUT2D eigenvalue weighted by molar-refractivity contribution is 6.32. The van der Waals surface area contributed by atoms with Crippen LogP contribution < -0.4 is 10.1 Å². The molecule has 2 N–H and O–H groups in total. The van der Waals surface area contributed by atoms with Crippen LogP contribution in [0.5, 0.6) is 5.75 Å². The van der Waals surface area contributed by atoms with E-state index in [1.54, 1.807) is 19.2 Å². The first-order valence-electron chi connectivity index (χ1n) is 6.50. The molecule has 0 fully saturated rings. The van der Waals surface area contributed by atoms with Crippen molar-refractivity contribution in [1.29, 1.82) is 0 Å². The first-order valence-corrected chi connectivity index (χ1v) is 6.88. The Balaban J connectivity index is 2.31. The van der Waals surface area contributed by atoms with Crippen LogP contribution in [0.15, 0.2) is 18.2 Å². The van der Waals surface area contributed by atoms with Crippen LogP contribution in [0.3, 0.4) is 0 Å². The maximum Gasteiger partial charge on any atom is 0.139 e. The molecule has 0 saturated carbocycles. The lowest BCUT2D eigenvalue weighted by Crippen LogP contribution is -2.25. The Bertz CT molecular complexity index is 374. The summed E-state index contributed by atoms with van der Waals surface area (Å²) in [5, 5.41) is 13.4. The minimum Gasteiger partial charge on any atom is -0.495 e. The van der Waals surface area contributed by atoms with Gasteiger partial charge in [0.05, 0.1) is 24.8 Å². The Labute approximate surface area is 119 Å². The lowest BCUT2D eigenvalue weighted by atomic mass is 10.3. The Kier molecular flexibility index (Phi) is 7.63. The van der Waals surface area contributed by atoms with Gasteiger partial charge in [0.1, 0.15) is 5.75 Å². The van der Waals surface area contributed by atoms with Gasteiger partial charge in [-0.2, -0.15) is 0 Å². The van der Waals surface area contributed by atoms with Crippen LogP contribution in [-0.2, 0) is 4.74 Å². The van der Waals surface area contributed by atoms with Gasteiger partial charge in [-0.05, 0) is 18.6 Å². The monoisotopic (exact) mass is 287 g/mol. The van der Waals surface area contributed by atoms with Crippen LogP contribution in [0, 0.1) is 0 Å². The average Bonchev–Trinajstić information content (AvgIpc) is 2.42. The molecule has 1 unspecified atom stereocenters. The summed E-state index contributed by atoms with van der Waals surface area (Å²) in [6.07, 6.45) is 1.59. The third-order valence-corrected chi connectivity index (χ3v) is 2.96. The molecular weight excluding hydrogens is 266 g/mol. The van der Waals surface area contributed by atoms with Crippen molar-refractivity contribution in [2.45, 2.75) is 25.9 Å². The summed E-state index contributed by atoms with van der Waals surface area (Å²) in [4.78, 5) is 0. The van der Waals surface area contributed by atoms with Crippen molar-refractivity contribution in [3.8, 4) is 5.75 Å². The number of nitrogens with one attached hydrogen (secondary N) is 1. The summed E-state index contributed by atoms with van der Waals surface area (Å²) in [5.41, 5.74) is 0.855. The van der Waals surface area contributed by atoms with E-state index >= 15 is 0 Å². The van der Waals surface area contributed by atoms with Crippen LogP contribution in [0.25, 0.3) is 0 Å². The molecule has 1 aromatic rings. The van der Waals surface area contributed by atoms with E-state index in [2.05, 4.69) is 12.2 Å². The summed E-state index contributed by atoms with van der Waals surface area (Å²) in [5.74, 6) is 0.611. The fourth-order valence-electron chi connectivity index (χ4n) is 1.53. The molecular formula is C14H22ClNO3. The number of aliphatic hydroxyl groups is 1. The van der Waals surface area contributed by atoms with E-state index in [1.165, 1.54) is 0 Å². The minimum atomic E-state index is -0.529. The maximum absolute atomic E-state index is 9.75. The molecule has 1 atom stereocenters. The molecule has 0 amide bonds. The SMILES string of the molecule is CCCCOCC(O)CNc1ccc(Cl)c(OC)c1. The number of rotatable bonds is 9. The second-order valence-electron chi connectivity index (χ2n) is 4.31. The number of ether oxygens (including phenoxy) is 2. The van der Waals surface area contributed by atoms with Gasteiger partial charge in [-0.25, -0.2) is 0 Å².